The number of hydrogen-bond acceptors (Lipinski definition) is 3. The van der Waals surface area contributed by atoms with Crippen molar-refractivity contribution in [2.75, 3.05) is 0 Å². The summed E-state index contributed by atoms with van der Waals surface area (Å²) in [5, 5.41) is 15.2. The van der Waals surface area contributed by atoms with E-state index in [-0.39, 0.29) is 5.84 Å². The first-order valence-electron chi connectivity index (χ1n) is 5.98. The van der Waals surface area contributed by atoms with Gasteiger partial charge in [-0.25, -0.2) is 0 Å². The SMILES string of the molecule is CCCC(C)NCc1ccccc1C(N)=NO. The van der Waals surface area contributed by atoms with Gasteiger partial charge in [0.25, 0.3) is 0 Å². The molecule has 4 heteroatoms. The highest BCUT2D eigenvalue weighted by molar-refractivity contribution is 5.98. The van der Waals surface area contributed by atoms with Gasteiger partial charge in [-0.3, -0.25) is 0 Å². The van der Waals surface area contributed by atoms with E-state index in [9.17, 15) is 0 Å². The molecule has 0 amide bonds. The van der Waals surface area contributed by atoms with Crippen molar-refractivity contribution in [1.82, 2.24) is 5.32 Å². The van der Waals surface area contributed by atoms with Crippen molar-refractivity contribution in [2.24, 2.45) is 10.9 Å². The van der Waals surface area contributed by atoms with Crippen LogP contribution in [0.1, 0.15) is 37.8 Å². The fourth-order valence-corrected chi connectivity index (χ4v) is 1.80. The first-order valence-corrected chi connectivity index (χ1v) is 5.98. The zero-order valence-electron chi connectivity index (χ0n) is 10.5. The highest BCUT2D eigenvalue weighted by Gasteiger charge is 2.07. The summed E-state index contributed by atoms with van der Waals surface area (Å²) in [5.41, 5.74) is 7.46. The van der Waals surface area contributed by atoms with Crippen LogP contribution in [0.4, 0.5) is 0 Å². The lowest BCUT2D eigenvalue weighted by Gasteiger charge is -2.14. The second kappa shape index (κ2) is 6.91. The molecule has 0 saturated carbocycles. The van der Waals surface area contributed by atoms with Gasteiger partial charge in [0.05, 0.1) is 0 Å². The normalized spacial score (nSPS) is 13.6. The molecule has 1 atom stereocenters. The van der Waals surface area contributed by atoms with E-state index >= 15 is 0 Å². The molecular weight excluding hydrogens is 214 g/mol. The molecule has 94 valence electrons. The molecule has 1 aromatic rings. The van der Waals surface area contributed by atoms with Gasteiger partial charge in [-0.15, -0.1) is 0 Å². The zero-order valence-corrected chi connectivity index (χ0v) is 10.5. The third-order valence-corrected chi connectivity index (χ3v) is 2.76. The van der Waals surface area contributed by atoms with Crippen LogP contribution in [0.5, 0.6) is 0 Å². The number of nitrogens with one attached hydrogen (secondary N) is 1. The molecule has 0 bridgehead atoms. The number of amidine groups is 1. The average Bonchev–Trinajstić information content (AvgIpc) is 2.36. The van der Waals surface area contributed by atoms with Crippen LogP contribution in [0, 0.1) is 0 Å². The largest absolute Gasteiger partial charge is 0.409 e. The molecule has 0 aliphatic carbocycles. The Kier molecular flexibility index (Phi) is 5.49. The van der Waals surface area contributed by atoms with Gasteiger partial charge in [0.15, 0.2) is 5.84 Å². The second-order valence-corrected chi connectivity index (χ2v) is 4.21. The van der Waals surface area contributed by atoms with Crippen LogP contribution in [-0.4, -0.2) is 17.1 Å². The Hall–Kier alpha value is -1.55. The molecule has 1 rings (SSSR count). The zero-order chi connectivity index (χ0) is 12.7. The first-order chi connectivity index (χ1) is 8.19. The second-order valence-electron chi connectivity index (χ2n) is 4.21. The van der Waals surface area contributed by atoms with E-state index in [0.29, 0.717) is 6.04 Å². The third-order valence-electron chi connectivity index (χ3n) is 2.76. The molecule has 4 nitrogen and oxygen atoms in total. The van der Waals surface area contributed by atoms with Gasteiger partial charge in [0.1, 0.15) is 0 Å². The van der Waals surface area contributed by atoms with Gasteiger partial charge in [0, 0.05) is 18.2 Å². The standard InChI is InChI=1S/C13H21N3O/c1-3-6-10(2)15-9-11-7-4-5-8-12(11)13(14)16-17/h4-5,7-8,10,15,17H,3,6,9H2,1-2H3,(H2,14,16). The quantitative estimate of drug-likeness (QED) is 0.306. The van der Waals surface area contributed by atoms with E-state index < -0.39 is 0 Å². The molecule has 0 heterocycles. The molecule has 0 saturated heterocycles. The molecule has 0 aliphatic rings. The summed E-state index contributed by atoms with van der Waals surface area (Å²) in [6.07, 6.45) is 2.31. The lowest BCUT2D eigenvalue weighted by atomic mass is 10.1. The summed E-state index contributed by atoms with van der Waals surface area (Å²) >= 11 is 0. The molecule has 0 aromatic heterocycles. The number of nitrogens with two attached hydrogens (primary N) is 1. The number of rotatable bonds is 6. The van der Waals surface area contributed by atoms with Gasteiger partial charge in [0.2, 0.25) is 0 Å². The van der Waals surface area contributed by atoms with E-state index in [1.165, 1.54) is 0 Å². The fourth-order valence-electron chi connectivity index (χ4n) is 1.80. The van der Waals surface area contributed by atoms with Crippen molar-refractivity contribution >= 4 is 5.84 Å². The lowest BCUT2D eigenvalue weighted by molar-refractivity contribution is 0.318. The summed E-state index contributed by atoms with van der Waals surface area (Å²) in [7, 11) is 0. The predicted molar refractivity (Wildman–Crippen MR) is 70.2 cm³/mol. The Labute approximate surface area is 103 Å². The molecular formula is C13H21N3O. The first kappa shape index (κ1) is 13.5. The summed E-state index contributed by atoms with van der Waals surface area (Å²) in [4.78, 5) is 0. The molecule has 0 aliphatic heterocycles. The molecule has 1 aromatic carbocycles. The molecule has 0 fully saturated rings. The molecule has 17 heavy (non-hydrogen) atoms. The summed E-state index contributed by atoms with van der Waals surface area (Å²) in [5.74, 6) is 0.158. The van der Waals surface area contributed by atoms with Crippen molar-refractivity contribution in [1.29, 1.82) is 0 Å². The Balaban J connectivity index is 2.71. The van der Waals surface area contributed by atoms with Crippen molar-refractivity contribution < 1.29 is 5.21 Å². The number of hydrogen-bond donors (Lipinski definition) is 3. The van der Waals surface area contributed by atoms with Crippen LogP contribution in [-0.2, 0) is 6.54 Å². The van der Waals surface area contributed by atoms with E-state index in [2.05, 4.69) is 24.3 Å². The number of nitrogens with zero attached hydrogens (tertiary/aromatic N) is 1. The van der Waals surface area contributed by atoms with Crippen LogP contribution in [0.25, 0.3) is 0 Å². The average molecular weight is 235 g/mol. The predicted octanol–water partition coefficient (Wildman–Crippen LogP) is 2.06. The van der Waals surface area contributed by atoms with Gasteiger partial charge >= 0.3 is 0 Å². The van der Waals surface area contributed by atoms with Gasteiger partial charge in [-0.05, 0) is 18.9 Å². The molecule has 0 radical (unpaired) electrons. The van der Waals surface area contributed by atoms with E-state index in [0.717, 1.165) is 30.5 Å². The van der Waals surface area contributed by atoms with E-state index in [1.54, 1.807) is 0 Å². The highest BCUT2D eigenvalue weighted by Crippen LogP contribution is 2.09. The highest BCUT2D eigenvalue weighted by atomic mass is 16.4. The van der Waals surface area contributed by atoms with Crippen LogP contribution >= 0.6 is 0 Å². The minimum Gasteiger partial charge on any atom is -0.409 e. The number of oxime groups is 1. The van der Waals surface area contributed by atoms with Crippen molar-refractivity contribution in [2.45, 2.75) is 39.3 Å². The van der Waals surface area contributed by atoms with Crippen LogP contribution in [0.3, 0.4) is 0 Å². The molecule has 0 spiro atoms. The maximum atomic E-state index is 8.72. The van der Waals surface area contributed by atoms with Crippen molar-refractivity contribution in [3.63, 3.8) is 0 Å². The topological polar surface area (TPSA) is 70.6 Å². The van der Waals surface area contributed by atoms with Crippen molar-refractivity contribution in [3.8, 4) is 0 Å². The smallest absolute Gasteiger partial charge is 0.170 e. The Morgan fingerprint density at radius 1 is 1.47 bits per heavy atom. The maximum Gasteiger partial charge on any atom is 0.170 e. The van der Waals surface area contributed by atoms with Gasteiger partial charge in [-0.1, -0.05) is 42.8 Å². The Morgan fingerprint density at radius 3 is 2.82 bits per heavy atom. The van der Waals surface area contributed by atoms with Gasteiger partial charge < -0.3 is 16.3 Å². The minimum atomic E-state index is 0.158. The van der Waals surface area contributed by atoms with E-state index in [1.807, 2.05) is 24.3 Å². The van der Waals surface area contributed by atoms with Crippen LogP contribution in [0.2, 0.25) is 0 Å². The number of benzene rings is 1. The Morgan fingerprint density at radius 2 is 2.18 bits per heavy atom. The van der Waals surface area contributed by atoms with Crippen LogP contribution in [0.15, 0.2) is 29.4 Å². The fraction of sp³-hybridized carbons (Fsp3) is 0.462. The Bertz CT molecular complexity index is 377. The van der Waals surface area contributed by atoms with E-state index in [4.69, 9.17) is 10.9 Å². The minimum absolute atomic E-state index is 0.158. The summed E-state index contributed by atoms with van der Waals surface area (Å²) in [6.45, 7) is 5.06. The summed E-state index contributed by atoms with van der Waals surface area (Å²) in [6, 6.07) is 8.15. The monoisotopic (exact) mass is 235 g/mol. The maximum absolute atomic E-state index is 8.72. The molecule has 1 unspecified atom stereocenters. The van der Waals surface area contributed by atoms with Gasteiger partial charge in [-0.2, -0.15) is 0 Å². The van der Waals surface area contributed by atoms with Crippen molar-refractivity contribution in [3.05, 3.63) is 35.4 Å². The third kappa shape index (κ3) is 4.07. The molecule has 4 N–H and O–H groups in total. The lowest BCUT2D eigenvalue weighted by Crippen LogP contribution is -2.27. The van der Waals surface area contributed by atoms with Crippen LogP contribution < -0.4 is 11.1 Å². The summed E-state index contributed by atoms with van der Waals surface area (Å²) < 4.78 is 0.